The number of quaternary nitrogens is 1. The Balaban J connectivity index is 2.45. The zero-order valence-corrected chi connectivity index (χ0v) is 6.90. The van der Waals surface area contributed by atoms with Crippen molar-refractivity contribution in [3.05, 3.63) is 0 Å². The third-order valence-electron chi connectivity index (χ3n) is 1.49. The topological polar surface area (TPSA) is 49.1 Å². The van der Waals surface area contributed by atoms with E-state index in [0.717, 1.165) is 12.3 Å². The predicted octanol–water partition coefficient (Wildman–Crippen LogP) is -1.11. The highest BCUT2D eigenvalue weighted by molar-refractivity contribution is 7.98. The van der Waals surface area contributed by atoms with Crippen molar-refractivity contribution in [3.63, 3.8) is 0 Å². The van der Waals surface area contributed by atoms with E-state index in [1.165, 1.54) is 5.01 Å². The van der Waals surface area contributed by atoms with E-state index in [0.29, 0.717) is 5.25 Å². The summed E-state index contributed by atoms with van der Waals surface area (Å²) in [6.45, 7) is 2.80. The van der Waals surface area contributed by atoms with E-state index in [9.17, 15) is 0 Å². The second kappa shape index (κ2) is 3.23. The summed E-state index contributed by atoms with van der Waals surface area (Å²) in [5.41, 5.74) is 0.786. The van der Waals surface area contributed by atoms with Gasteiger partial charge in [-0.05, 0) is 18.9 Å². The third kappa shape index (κ3) is 1.62. The molecule has 58 valence electrons. The fourth-order valence-corrected chi connectivity index (χ4v) is 1.81. The van der Waals surface area contributed by atoms with E-state index in [1.807, 2.05) is 14.0 Å². The molecule has 0 aromatic rings. The lowest BCUT2D eigenvalue weighted by atomic mass is 10.3. The van der Waals surface area contributed by atoms with Crippen LogP contribution in [0.2, 0.25) is 0 Å². The second-order valence-corrected chi connectivity index (χ2v) is 3.44. The van der Waals surface area contributed by atoms with Crippen LogP contribution in [-0.4, -0.2) is 29.8 Å². The monoisotopic (exact) mass is 162 g/mol. The third-order valence-corrected chi connectivity index (χ3v) is 2.75. The smallest absolute Gasteiger partial charge is 0.116 e. The van der Waals surface area contributed by atoms with Crippen molar-refractivity contribution in [1.29, 1.82) is 0 Å². The van der Waals surface area contributed by atoms with Crippen LogP contribution in [0.4, 0.5) is 0 Å². The molecular weight excluding hydrogens is 150 g/mol. The second-order valence-electron chi connectivity index (χ2n) is 2.43. The number of oxime groups is 1. The van der Waals surface area contributed by atoms with Crippen LogP contribution in [0.1, 0.15) is 6.92 Å². The molecule has 0 radical (unpaired) electrons. The van der Waals surface area contributed by atoms with Crippen molar-refractivity contribution < 1.29 is 10.2 Å². The molecule has 0 bridgehead atoms. The van der Waals surface area contributed by atoms with Crippen LogP contribution in [0.25, 0.3) is 0 Å². The highest BCUT2D eigenvalue weighted by atomic mass is 32.2. The van der Waals surface area contributed by atoms with Crippen molar-refractivity contribution in [2.45, 2.75) is 12.2 Å². The molecule has 2 atom stereocenters. The molecule has 4 nitrogen and oxygen atoms in total. The lowest BCUT2D eigenvalue weighted by molar-refractivity contribution is -0.902. The Labute approximate surface area is 64.4 Å². The highest BCUT2D eigenvalue weighted by Gasteiger charge is 2.26. The zero-order valence-electron chi connectivity index (χ0n) is 6.09. The molecule has 5 heteroatoms. The summed E-state index contributed by atoms with van der Waals surface area (Å²) in [4.78, 5) is 3.13. The van der Waals surface area contributed by atoms with Crippen molar-refractivity contribution in [1.82, 2.24) is 4.83 Å². The number of nitrogens with zero attached hydrogens (tertiary/aromatic N) is 1. The van der Waals surface area contributed by atoms with Crippen LogP contribution in [0, 0.1) is 0 Å². The van der Waals surface area contributed by atoms with Crippen molar-refractivity contribution in [2.75, 3.05) is 13.6 Å². The molecule has 0 aromatic heterocycles. The van der Waals surface area contributed by atoms with Gasteiger partial charge in [0.1, 0.15) is 11.8 Å². The molecule has 1 saturated heterocycles. The molecule has 1 aliphatic heterocycles. The molecule has 10 heavy (non-hydrogen) atoms. The maximum atomic E-state index is 8.42. The molecule has 0 saturated carbocycles. The molecule has 3 N–H and O–H groups in total. The van der Waals surface area contributed by atoms with Gasteiger partial charge < -0.3 is 5.21 Å². The molecule has 0 spiro atoms. The SMILES string of the molecule is CC(=NO)C1C[NH+](C)NS1. The van der Waals surface area contributed by atoms with Gasteiger partial charge in [0, 0.05) is 0 Å². The van der Waals surface area contributed by atoms with Crippen LogP contribution in [0.3, 0.4) is 0 Å². The minimum absolute atomic E-state index is 0.324. The molecular formula is C5H12N3OS+. The Morgan fingerprint density at radius 3 is 3.00 bits per heavy atom. The molecule has 0 aliphatic carbocycles. The van der Waals surface area contributed by atoms with Crippen LogP contribution in [0.5, 0.6) is 0 Å². The van der Waals surface area contributed by atoms with Gasteiger partial charge in [0.25, 0.3) is 0 Å². The van der Waals surface area contributed by atoms with Crippen LogP contribution >= 0.6 is 11.9 Å². The Kier molecular flexibility index (Phi) is 2.53. The van der Waals surface area contributed by atoms with Gasteiger partial charge in [0.05, 0.1) is 12.8 Å². The van der Waals surface area contributed by atoms with E-state index >= 15 is 0 Å². The van der Waals surface area contributed by atoms with Gasteiger partial charge in [-0.2, -0.15) is 0 Å². The summed E-state index contributed by atoms with van der Waals surface area (Å²) in [6, 6.07) is 0. The van der Waals surface area contributed by atoms with E-state index in [1.54, 1.807) is 11.9 Å². The van der Waals surface area contributed by atoms with Crippen molar-refractivity contribution in [2.24, 2.45) is 5.16 Å². The Morgan fingerprint density at radius 1 is 1.90 bits per heavy atom. The first-order valence-electron chi connectivity index (χ1n) is 3.16. The largest absolute Gasteiger partial charge is 0.411 e. The van der Waals surface area contributed by atoms with E-state index in [4.69, 9.17) is 5.21 Å². The standard InChI is InChI=1S/C5H11N3OS/c1-4(6-9)5-3-8(2)7-10-5/h5,7,9H,3H2,1-2H3/p+1. The van der Waals surface area contributed by atoms with Gasteiger partial charge in [-0.15, -0.1) is 4.83 Å². The lowest BCUT2D eigenvalue weighted by Crippen LogP contribution is -3.12. The summed E-state index contributed by atoms with van der Waals surface area (Å²) in [5.74, 6) is 0. The Bertz CT molecular complexity index is 150. The van der Waals surface area contributed by atoms with E-state index < -0.39 is 0 Å². The lowest BCUT2D eigenvalue weighted by Gasteiger charge is -2.01. The first kappa shape index (κ1) is 7.84. The molecule has 0 amide bonds. The summed E-state index contributed by atoms with van der Waals surface area (Å²) < 4.78 is 0. The number of hydrogen-bond donors (Lipinski definition) is 3. The Hall–Kier alpha value is -0.260. The van der Waals surface area contributed by atoms with E-state index in [-0.39, 0.29) is 0 Å². The van der Waals surface area contributed by atoms with Gasteiger partial charge in [-0.3, -0.25) is 0 Å². The fourth-order valence-electron chi connectivity index (χ4n) is 0.831. The summed E-state index contributed by atoms with van der Waals surface area (Å²) in [5, 5.41) is 13.1. The fraction of sp³-hybridized carbons (Fsp3) is 0.800. The number of nitrogens with one attached hydrogen (secondary N) is 2. The predicted molar refractivity (Wildman–Crippen MR) is 41.2 cm³/mol. The molecule has 2 unspecified atom stereocenters. The van der Waals surface area contributed by atoms with Gasteiger partial charge in [0.2, 0.25) is 0 Å². The highest BCUT2D eigenvalue weighted by Crippen LogP contribution is 2.08. The molecule has 1 fully saturated rings. The first-order valence-corrected chi connectivity index (χ1v) is 4.04. The molecule has 0 aromatic carbocycles. The maximum absolute atomic E-state index is 8.42. The summed E-state index contributed by atoms with van der Waals surface area (Å²) in [7, 11) is 2.04. The van der Waals surface area contributed by atoms with Crippen LogP contribution in [-0.2, 0) is 0 Å². The number of rotatable bonds is 1. The maximum Gasteiger partial charge on any atom is 0.116 e. The van der Waals surface area contributed by atoms with Gasteiger partial charge in [-0.1, -0.05) is 5.16 Å². The van der Waals surface area contributed by atoms with Crippen molar-refractivity contribution in [3.8, 4) is 0 Å². The molecule has 1 heterocycles. The quantitative estimate of drug-likeness (QED) is 0.198. The minimum Gasteiger partial charge on any atom is -0.411 e. The van der Waals surface area contributed by atoms with Crippen molar-refractivity contribution >= 4 is 17.7 Å². The average Bonchev–Trinajstić information content (AvgIpc) is 2.34. The summed E-state index contributed by atoms with van der Waals surface area (Å²) >= 11 is 1.61. The molecule has 1 rings (SSSR count). The first-order chi connectivity index (χ1) is 4.74. The van der Waals surface area contributed by atoms with Crippen LogP contribution in [0.15, 0.2) is 5.16 Å². The summed E-state index contributed by atoms with van der Waals surface area (Å²) in [6.07, 6.45) is 0. The van der Waals surface area contributed by atoms with Crippen LogP contribution < -0.4 is 9.84 Å². The minimum atomic E-state index is 0.324. The van der Waals surface area contributed by atoms with E-state index in [2.05, 4.69) is 9.99 Å². The number of hydrogen-bond acceptors (Lipinski definition) is 4. The normalized spacial score (nSPS) is 34.8. The van der Waals surface area contributed by atoms with Gasteiger partial charge >= 0.3 is 0 Å². The molecule has 1 aliphatic rings. The zero-order chi connectivity index (χ0) is 7.56. The van der Waals surface area contributed by atoms with Gasteiger partial charge in [0.15, 0.2) is 0 Å². The average molecular weight is 162 g/mol. The Morgan fingerprint density at radius 2 is 2.60 bits per heavy atom. The van der Waals surface area contributed by atoms with Gasteiger partial charge in [-0.25, -0.2) is 5.01 Å².